The molecular weight excluding hydrogens is 295 g/mol. The van der Waals surface area contributed by atoms with Crippen LogP contribution >= 0.6 is 11.6 Å². The molecule has 0 amide bonds. The Morgan fingerprint density at radius 3 is 2.86 bits per heavy atom. The van der Waals surface area contributed by atoms with Crippen LogP contribution in [0.15, 0.2) is 35.3 Å². The van der Waals surface area contributed by atoms with Gasteiger partial charge in [-0.2, -0.15) is 5.10 Å². The first-order valence-electron chi connectivity index (χ1n) is 6.50. The van der Waals surface area contributed by atoms with E-state index in [0.29, 0.717) is 12.2 Å². The quantitative estimate of drug-likeness (QED) is 0.798. The number of hydrogen-bond acceptors (Lipinski definition) is 4. The van der Waals surface area contributed by atoms with Gasteiger partial charge in [-0.05, 0) is 19.2 Å². The Hall–Kier alpha value is -1.92. The van der Waals surface area contributed by atoms with Crippen LogP contribution in [0.4, 0.5) is 10.1 Å². The number of benzene rings is 1. The Kier molecular flexibility index (Phi) is 5.30. The maximum Gasteiger partial charge on any atom is 0.269 e. The van der Waals surface area contributed by atoms with Crippen molar-refractivity contribution in [3.8, 4) is 0 Å². The van der Waals surface area contributed by atoms with Gasteiger partial charge in [-0.15, -0.1) is 0 Å². The fraction of sp³-hybridized carbons (Fsp3) is 0.286. The number of halogens is 2. The van der Waals surface area contributed by atoms with Crippen molar-refractivity contribution in [1.82, 2.24) is 15.1 Å². The standard InChI is InChI=1S/C14H16ClFN4O/c1-17-5-6-18-10-7-14(21)20(19-8-10)9-11-12(15)3-2-4-13(11)16/h2-4,7-8,17-18H,5-6,9H2,1H3. The number of anilines is 1. The minimum Gasteiger partial charge on any atom is -0.382 e. The van der Waals surface area contributed by atoms with Crippen LogP contribution in [-0.2, 0) is 6.54 Å². The van der Waals surface area contributed by atoms with Crippen molar-refractivity contribution in [2.24, 2.45) is 0 Å². The highest BCUT2D eigenvalue weighted by molar-refractivity contribution is 6.31. The molecule has 0 radical (unpaired) electrons. The monoisotopic (exact) mass is 310 g/mol. The lowest BCUT2D eigenvalue weighted by molar-refractivity contribution is 0.572. The molecule has 112 valence electrons. The molecule has 0 atom stereocenters. The Morgan fingerprint density at radius 1 is 1.38 bits per heavy atom. The molecule has 21 heavy (non-hydrogen) atoms. The van der Waals surface area contributed by atoms with Crippen molar-refractivity contribution in [2.45, 2.75) is 6.54 Å². The van der Waals surface area contributed by atoms with E-state index >= 15 is 0 Å². The summed E-state index contributed by atoms with van der Waals surface area (Å²) in [6.07, 6.45) is 1.53. The van der Waals surface area contributed by atoms with Crippen molar-refractivity contribution in [3.63, 3.8) is 0 Å². The zero-order valence-electron chi connectivity index (χ0n) is 11.6. The fourth-order valence-electron chi connectivity index (χ4n) is 1.81. The third-order valence-corrected chi connectivity index (χ3v) is 3.30. The molecule has 2 N–H and O–H groups in total. The average Bonchev–Trinajstić information content (AvgIpc) is 2.45. The summed E-state index contributed by atoms with van der Waals surface area (Å²) in [6, 6.07) is 5.84. The van der Waals surface area contributed by atoms with Crippen LogP contribution in [0.2, 0.25) is 5.02 Å². The summed E-state index contributed by atoms with van der Waals surface area (Å²) in [5, 5.41) is 10.4. The van der Waals surface area contributed by atoms with Gasteiger partial charge in [0.1, 0.15) is 5.82 Å². The molecule has 5 nitrogen and oxygen atoms in total. The third-order valence-electron chi connectivity index (χ3n) is 2.94. The molecule has 0 bridgehead atoms. The van der Waals surface area contributed by atoms with Crippen LogP contribution in [0.25, 0.3) is 0 Å². The zero-order valence-corrected chi connectivity index (χ0v) is 12.3. The number of hydrogen-bond donors (Lipinski definition) is 2. The van der Waals surface area contributed by atoms with Crippen LogP contribution in [-0.4, -0.2) is 29.9 Å². The van der Waals surface area contributed by atoms with Gasteiger partial charge >= 0.3 is 0 Å². The first-order chi connectivity index (χ1) is 10.1. The molecule has 0 unspecified atom stereocenters. The SMILES string of the molecule is CNCCNc1cnn(Cc2c(F)cccc2Cl)c(=O)c1. The maximum atomic E-state index is 13.7. The molecule has 0 spiro atoms. The van der Waals surface area contributed by atoms with Gasteiger partial charge in [-0.1, -0.05) is 17.7 Å². The number of nitrogens with one attached hydrogen (secondary N) is 2. The van der Waals surface area contributed by atoms with Gasteiger partial charge in [0.05, 0.1) is 18.4 Å². The molecule has 2 aromatic rings. The van der Waals surface area contributed by atoms with Gasteiger partial charge in [-0.25, -0.2) is 9.07 Å². The fourth-order valence-corrected chi connectivity index (χ4v) is 2.04. The highest BCUT2D eigenvalue weighted by Crippen LogP contribution is 2.19. The number of aromatic nitrogens is 2. The first-order valence-corrected chi connectivity index (χ1v) is 6.88. The second kappa shape index (κ2) is 7.19. The number of rotatable bonds is 6. The molecule has 0 aliphatic carbocycles. The molecule has 0 saturated carbocycles. The number of nitrogens with zero attached hydrogens (tertiary/aromatic N) is 2. The molecule has 0 fully saturated rings. The molecule has 0 saturated heterocycles. The van der Waals surface area contributed by atoms with Crippen LogP contribution in [0.1, 0.15) is 5.56 Å². The lowest BCUT2D eigenvalue weighted by Crippen LogP contribution is -2.25. The van der Waals surface area contributed by atoms with E-state index in [9.17, 15) is 9.18 Å². The van der Waals surface area contributed by atoms with Gasteiger partial charge in [0.2, 0.25) is 0 Å². The molecule has 1 heterocycles. The van der Waals surface area contributed by atoms with Gasteiger partial charge in [0.25, 0.3) is 5.56 Å². The molecular formula is C14H16ClFN4O. The molecule has 7 heteroatoms. The zero-order chi connectivity index (χ0) is 15.2. The second-order valence-corrected chi connectivity index (χ2v) is 4.88. The highest BCUT2D eigenvalue weighted by atomic mass is 35.5. The maximum absolute atomic E-state index is 13.7. The Balaban J connectivity index is 2.16. The summed E-state index contributed by atoms with van der Waals surface area (Å²) in [7, 11) is 1.84. The normalized spacial score (nSPS) is 10.6. The average molecular weight is 311 g/mol. The van der Waals surface area contributed by atoms with Crippen LogP contribution in [0.5, 0.6) is 0 Å². The van der Waals surface area contributed by atoms with E-state index in [1.807, 2.05) is 7.05 Å². The predicted molar refractivity (Wildman–Crippen MR) is 81.4 cm³/mol. The van der Waals surface area contributed by atoms with Gasteiger partial charge in [0, 0.05) is 29.7 Å². The summed E-state index contributed by atoms with van der Waals surface area (Å²) in [6.45, 7) is 1.45. The van der Waals surface area contributed by atoms with Crippen molar-refractivity contribution >= 4 is 17.3 Å². The minimum atomic E-state index is -0.451. The molecule has 0 aliphatic rings. The van der Waals surface area contributed by atoms with E-state index < -0.39 is 5.82 Å². The van der Waals surface area contributed by atoms with Crippen molar-refractivity contribution in [1.29, 1.82) is 0 Å². The third kappa shape index (κ3) is 4.03. The lowest BCUT2D eigenvalue weighted by Gasteiger charge is -2.09. The highest BCUT2D eigenvalue weighted by Gasteiger charge is 2.09. The van der Waals surface area contributed by atoms with Crippen LogP contribution in [0, 0.1) is 5.82 Å². The smallest absolute Gasteiger partial charge is 0.269 e. The van der Waals surface area contributed by atoms with E-state index in [4.69, 9.17) is 11.6 Å². The van der Waals surface area contributed by atoms with E-state index in [2.05, 4.69) is 15.7 Å². The predicted octanol–water partition coefficient (Wildman–Crippen LogP) is 1.72. The first kappa shape index (κ1) is 15.5. The van der Waals surface area contributed by atoms with Crippen molar-refractivity contribution in [2.75, 3.05) is 25.5 Å². The Morgan fingerprint density at radius 2 is 2.19 bits per heavy atom. The van der Waals surface area contributed by atoms with Gasteiger partial charge in [0.15, 0.2) is 0 Å². The lowest BCUT2D eigenvalue weighted by atomic mass is 10.2. The Labute approximate surface area is 126 Å². The van der Waals surface area contributed by atoms with Gasteiger partial charge < -0.3 is 10.6 Å². The van der Waals surface area contributed by atoms with E-state index in [1.54, 1.807) is 6.07 Å². The molecule has 1 aromatic heterocycles. The Bertz CT molecular complexity index is 654. The van der Waals surface area contributed by atoms with Gasteiger partial charge in [-0.3, -0.25) is 4.79 Å². The number of likely N-dealkylation sites (N-methyl/N-ethyl adjacent to an activating group) is 1. The topological polar surface area (TPSA) is 59.0 Å². The van der Waals surface area contributed by atoms with Crippen LogP contribution in [0.3, 0.4) is 0 Å². The summed E-state index contributed by atoms with van der Waals surface area (Å²) in [5.41, 5.74) is 0.569. The van der Waals surface area contributed by atoms with Crippen LogP contribution < -0.4 is 16.2 Å². The van der Waals surface area contributed by atoms with E-state index in [-0.39, 0.29) is 22.7 Å². The molecule has 2 rings (SSSR count). The van der Waals surface area contributed by atoms with Crippen molar-refractivity contribution < 1.29 is 4.39 Å². The molecule has 1 aromatic carbocycles. The van der Waals surface area contributed by atoms with E-state index in [1.165, 1.54) is 29.1 Å². The summed E-state index contributed by atoms with van der Waals surface area (Å²) < 4.78 is 14.9. The molecule has 0 aliphatic heterocycles. The summed E-state index contributed by atoms with van der Waals surface area (Å²) in [5.74, 6) is -0.451. The minimum absolute atomic E-state index is 0.00113. The second-order valence-electron chi connectivity index (χ2n) is 4.47. The van der Waals surface area contributed by atoms with E-state index in [0.717, 1.165) is 6.54 Å². The van der Waals surface area contributed by atoms with Crippen molar-refractivity contribution in [3.05, 3.63) is 57.2 Å². The largest absolute Gasteiger partial charge is 0.382 e. The summed E-state index contributed by atoms with van der Waals surface area (Å²) in [4.78, 5) is 12.0. The summed E-state index contributed by atoms with van der Waals surface area (Å²) >= 11 is 5.95.